The van der Waals surface area contributed by atoms with Gasteiger partial charge in [-0.1, -0.05) is 0 Å². The summed E-state index contributed by atoms with van der Waals surface area (Å²) in [7, 11) is 1.59. The normalized spacial score (nSPS) is 13.3. The number of aromatic nitrogens is 2. The van der Waals surface area contributed by atoms with E-state index in [-0.39, 0.29) is 5.91 Å². The predicted molar refractivity (Wildman–Crippen MR) is 67.3 cm³/mol. The summed E-state index contributed by atoms with van der Waals surface area (Å²) >= 11 is 0. The average molecular weight is 244 g/mol. The van der Waals surface area contributed by atoms with Crippen molar-refractivity contribution in [1.29, 1.82) is 0 Å². The fourth-order valence-corrected chi connectivity index (χ4v) is 2.16. The van der Waals surface area contributed by atoms with E-state index >= 15 is 0 Å². The van der Waals surface area contributed by atoms with Gasteiger partial charge in [0.1, 0.15) is 11.6 Å². The third-order valence-corrected chi connectivity index (χ3v) is 3.00. The number of ether oxygens (including phenoxy) is 1. The van der Waals surface area contributed by atoms with Crippen molar-refractivity contribution in [2.75, 3.05) is 18.2 Å². The predicted octanol–water partition coefficient (Wildman–Crippen LogP) is 1.16. The van der Waals surface area contributed by atoms with Crippen molar-refractivity contribution in [2.45, 2.75) is 6.42 Å². The van der Waals surface area contributed by atoms with Crippen LogP contribution in [0.25, 0.3) is 11.1 Å². The second-order valence-corrected chi connectivity index (χ2v) is 4.13. The van der Waals surface area contributed by atoms with Crippen LogP contribution in [0.5, 0.6) is 5.75 Å². The van der Waals surface area contributed by atoms with Crippen molar-refractivity contribution in [3.05, 3.63) is 23.9 Å². The number of fused-ring (bicyclic) bond motifs is 1. The van der Waals surface area contributed by atoms with Gasteiger partial charge in [0.05, 0.1) is 25.4 Å². The average Bonchev–Trinajstić information content (AvgIpc) is 2.92. The number of amides is 1. The number of anilines is 2. The molecule has 1 aliphatic heterocycles. The van der Waals surface area contributed by atoms with Crippen LogP contribution >= 0.6 is 0 Å². The van der Waals surface area contributed by atoms with Gasteiger partial charge in [0.25, 0.3) is 0 Å². The van der Waals surface area contributed by atoms with Crippen LogP contribution in [0.3, 0.4) is 0 Å². The van der Waals surface area contributed by atoms with Crippen molar-refractivity contribution >= 4 is 17.4 Å². The molecule has 92 valence electrons. The molecule has 0 bridgehead atoms. The Balaban J connectivity index is 2.23. The highest BCUT2D eigenvalue weighted by Gasteiger charge is 2.24. The lowest BCUT2D eigenvalue weighted by Crippen LogP contribution is -2.04. The van der Waals surface area contributed by atoms with Gasteiger partial charge in [-0.15, -0.1) is 0 Å². The summed E-state index contributed by atoms with van der Waals surface area (Å²) in [5.41, 5.74) is 9.10. The van der Waals surface area contributed by atoms with Crippen LogP contribution in [0.15, 0.2) is 18.3 Å². The van der Waals surface area contributed by atoms with Gasteiger partial charge in [-0.25, -0.2) is 0 Å². The lowest BCUT2D eigenvalue weighted by molar-refractivity contribution is -0.115. The molecule has 0 atom stereocenters. The molecule has 6 heteroatoms. The number of aromatic amines is 1. The number of nitrogens with one attached hydrogen (secondary N) is 2. The molecule has 4 N–H and O–H groups in total. The minimum absolute atomic E-state index is 0.0263. The highest BCUT2D eigenvalue weighted by Crippen LogP contribution is 2.39. The molecule has 2 aromatic rings. The standard InChI is InChI=1S/C12H12N4O2/c1-18-7-2-6-3-10(17)15-11(6)8(4-7)9-5-14-16-12(9)13/h2,4-5H,3H2,1H3,(H,15,17)(H3,13,14,16). The number of carbonyl (C=O) groups excluding carboxylic acids is 1. The molecule has 1 aliphatic rings. The quantitative estimate of drug-likeness (QED) is 0.739. The summed E-state index contributed by atoms with van der Waals surface area (Å²) < 4.78 is 5.24. The van der Waals surface area contributed by atoms with Crippen LogP contribution in [0, 0.1) is 0 Å². The molecule has 0 aliphatic carbocycles. The minimum atomic E-state index is -0.0263. The monoisotopic (exact) mass is 244 g/mol. The molecular weight excluding hydrogens is 232 g/mol. The van der Waals surface area contributed by atoms with E-state index in [2.05, 4.69) is 15.5 Å². The van der Waals surface area contributed by atoms with Crippen molar-refractivity contribution < 1.29 is 9.53 Å². The van der Waals surface area contributed by atoms with E-state index in [9.17, 15) is 4.79 Å². The minimum Gasteiger partial charge on any atom is -0.497 e. The van der Waals surface area contributed by atoms with E-state index in [4.69, 9.17) is 10.5 Å². The number of nitrogens with two attached hydrogens (primary N) is 1. The topological polar surface area (TPSA) is 93.0 Å². The molecule has 6 nitrogen and oxygen atoms in total. The fourth-order valence-electron chi connectivity index (χ4n) is 2.16. The zero-order chi connectivity index (χ0) is 12.7. The molecule has 0 unspecified atom stereocenters. The zero-order valence-electron chi connectivity index (χ0n) is 9.78. The van der Waals surface area contributed by atoms with Gasteiger partial charge in [-0.05, 0) is 17.7 Å². The van der Waals surface area contributed by atoms with E-state index in [0.29, 0.717) is 18.0 Å². The summed E-state index contributed by atoms with van der Waals surface area (Å²) in [5, 5.41) is 9.42. The van der Waals surface area contributed by atoms with E-state index < -0.39 is 0 Å². The van der Waals surface area contributed by atoms with Crippen molar-refractivity contribution in [3.8, 4) is 16.9 Å². The Hall–Kier alpha value is -2.50. The molecule has 0 radical (unpaired) electrons. The van der Waals surface area contributed by atoms with Crippen molar-refractivity contribution in [3.63, 3.8) is 0 Å². The SMILES string of the molecule is COc1cc2c(c(-c3cn[nH]c3N)c1)NC(=O)C2. The first-order valence-corrected chi connectivity index (χ1v) is 5.49. The van der Waals surface area contributed by atoms with Gasteiger partial charge in [0.15, 0.2) is 0 Å². The van der Waals surface area contributed by atoms with Crippen LogP contribution in [-0.2, 0) is 11.2 Å². The largest absolute Gasteiger partial charge is 0.497 e. The van der Waals surface area contributed by atoms with Crippen LogP contribution in [-0.4, -0.2) is 23.2 Å². The molecule has 1 amide bonds. The second-order valence-electron chi connectivity index (χ2n) is 4.13. The maximum Gasteiger partial charge on any atom is 0.228 e. The van der Waals surface area contributed by atoms with Crippen LogP contribution in [0.1, 0.15) is 5.56 Å². The Kier molecular flexibility index (Phi) is 2.22. The van der Waals surface area contributed by atoms with Gasteiger partial charge in [0.2, 0.25) is 5.91 Å². The zero-order valence-corrected chi connectivity index (χ0v) is 9.78. The fraction of sp³-hybridized carbons (Fsp3) is 0.167. The summed E-state index contributed by atoms with van der Waals surface area (Å²) in [5.74, 6) is 1.13. The number of carbonyl (C=O) groups is 1. The van der Waals surface area contributed by atoms with E-state index in [1.807, 2.05) is 12.1 Å². The summed E-state index contributed by atoms with van der Waals surface area (Å²) in [6.07, 6.45) is 1.99. The number of rotatable bonds is 2. The van der Waals surface area contributed by atoms with Gasteiger partial charge in [-0.2, -0.15) is 5.10 Å². The smallest absolute Gasteiger partial charge is 0.228 e. The highest BCUT2D eigenvalue weighted by molar-refractivity contribution is 6.04. The molecule has 1 aromatic heterocycles. The van der Waals surface area contributed by atoms with E-state index in [1.165, 1.54) is 0 Å². The highest BCUT2D eigenvalue weighted by atomic mass is 16.5. The lowest BCUT2D eigenvalue weighted by atomic mass is 10.0. The summed E-state index contributed by atoms with van der Waals surface area (Å²) in [6, 6.07) is 3.69. The maximum absolute atomic E-state index is 11.5. The van der Waals surface area contributed by atoms with Crippen molar-refractivity contribution in [2.24, 2.45) is 0 Å². The van der Waals surface area contributed by atoms with E-state index in [0.717, 1.165) is 22.4 Å². The number of hydrogen-bond acceptors (Lipinski definition) is 4. The molecule has 0 saturated heterocycles. The molecule has 0 fully saturated rings. The first-order valence-electron chi connectivity index (χ1n) is 5.49. The van der Waals surface area contributed by atoms with Gasteiger partial charge in [-0.3, -0.25) is 9.89 Å². The Bertz CT molecular complexity index is 633. The molecule has 2 heterocycles. The van der Waals surface area contributed by atoms with Gasteiger partial charge in [0, 0.05) is 11.1 Å². The number of methoxy groups -OCH3 is 1. The molecular formula is C12H12N4O2. The number of benzene rings is 1. The van der Waals surface area contributed by atoms with Gasteiger partial charge >= 0.3 is 0 Å². The van der Waals surface area contributed by atoms with Crippen molar-refractivity contribution in [1.82, 2.24) is 10.2 Å². The summed E-state index contributed by atoms with van der Waals surface area (Å²) in [4.78, 5) is 11.5. The first-order chi connectivity index (χ1) is 8.69. The Morgan fingerprint density at radius 3 is 2.89 bits per heavy atom. The maximum atomic E-state index is 11.5. The number of nitrogen functional groups attached to an aromatic ring is 1. The third kappa shape index (κ3) is 1.50. The Morgan fingerprint density at radius 2 is 2.22 bits per heavy atom. The van der Waals surface area contributed by atoms with Crippen LogP contribution in [0.2, 0.25) is 0 Å². The second kappa shape index (κ2) is 3.76. The number of hydrogen-bond donors (Lipinski definition) is 3. The molecule has 18 heavy (non-hydrogen) atoms. The number of H-pyrrole nitrogens is 1. The molecule has 1 aromatic carbocycles. The molecule has 0 saturated carbocycles. The van der Waals surface area contributed by atoms with E-state index in [1.54, 1.807) is 13.3 Å². The lowest BCUT2D eigenvalue weighted by Gasteiger charge is -2.10. The van der Waals surface area contributed by atoms with Gasteiger partial charge < -0.3 is 15.8 Å². The molecule has 0 spiro atoms. The Morgan fingerprint density at radius 1 is 1.39 bits per heavy atom. The van der Waals surface area contributed by atoms with Crippen LogP contribution in [0.4, 0.5) is 11.5 Å². The Labute approximate surface area is 103 Å². The third-order valence-electron chi connectivity index (χ3n) is 3.00. The van der Waals surface area contributed by atoms with Crippen LogP contribution < -0.4 is 15.8 Å². The number of nitrogens with zero attached hydrogens (tertiary/aromatic N) is 1. The first kappa shape index (κ1) is 10.6. The molecule has 3 rings (SSSR count). The summed E-state index contributed by atoms with van der Waals surface area (Å²) in [6.45, 7) is 0.